The van der Waals surface area contributed by atoms with Gasteiger partial charge in [-0.2, -0.15) is 0 Å². The average molecular weight is 285 g/mol. The molecule has 0 unspecified atom stereocenters. The van der Waals surface area contributed by atoms with Crippen LogP contribution < -0.4 is 5.32 Å². The molecule has 0 fully saturated rings. The Balaban J connectivity index is 2.13. The number of nitrogens with one attached hydrogen (secondary N) is 1. The maximum atomic E-state index is 13.7. The Morgan fingerprint density at radius 3 is 3.00 bits per heavy atom. The Hall–Kier alpha value is -0.970. The van der Waals surface area contributed by atoms with Crippen LogP contribution in [0.15, 0.2) is 24.4 Å². The van der Waals surface area contributed by atoms with Crippen LogP contribution >= 0.6 is 22.9 Å². The summed E-state index contributed by atoms with van der Waals surface area (Å²) in [5.74, 6) is -0.329. The van der Waals surface area contributed by atoms with Crippen molar-refractivity contribution in [3.63, 3.8) is 0 Å². The van der Waals surface area contributed by atoms with Crippen molar-refractivity contribution >= 4 is 22.9 Å². The summed E-state index contributed by atoms with van der Waals surface area (Å²) in [5.41, 5.74) is 0.506. The summed E-state index contributed by atoms with van der Waals surface area (Å²) >= 11 is 7.23. The molecule has 2 aromatic rings. The van der Waals surface area contributed by atoms with E-state index in [1.54, 1.807) is 18.3 Å². The molecule has 1 aromatic carbocycles. The van der Waals surface area contributed by atoms with Crippen molar-refractivity contribution < 1.29 is 4.39 Å². The minimum absolute atomic E-state index is 0.329. The van der Waals surface area contributed by atoms with Crippen molar-refractivity contribution in [2.45, 2.75) is 19.9 Å². The van der Waals surface area contributed by atoms with Gasteiger partial charge in [0.2, 0.25) is 0 Å². The number of hydrogen-bond acceptors (Lipinski definition) is 3. The van der Waals surface area contributed by atoms with Crippen molar-refractivity contribution in [1.29, 1.82) is 0 Å². The molecule has 0 saturated heterocycles. The fourth-order valence-corrected chi connectivity index (χ4v) is 2.63. The molecule has 96 valence electrons. The summed E-state index contributed by atoms with van der Waals surface area (Å²) in [5, 5.41) is 4.39. The number of thiazole rings is 1. The monoisotopic (exact) mass is 284 g/mol. The zero-order valence-corrected chi connectivity index (χ0v) is 11.6. The van der Waals surface area contributed by atoms with E-state index in [0.717, 1.165) is 24.4 Å². The van der Waals surface area contributed by atoms with Crippen molar-refractivity contribution in [2.75, 3.05) is 6.54 Å². The summed E-state index contributed by atoms with van der Waals surface area (Å²) in [7, 11) is 0. The summed E-state index contributed by atoms with van der Waals surface area (Å²) < 4.78 is 13.7. The van der Waals surface area contributed by atoms with E-state index in [9.17, 15) is 4.39 Å². The highest BCUT2D eigenvalue weighted by Gasteiger charge is 2.10. The average Bonchev–Trinajstić information content (AvgIpc) is 2.78. The molecule has 0 spiro atoms. The van der Waals surface area contributed by atoms with Gasteiger partial charge in [-0.3, -0.25) is 0 Å². The molecule has 1 N–H and O–H groups in total. The molecule has 1 heterocycles. The Kier molecular flexibility index (Phi) is 4.69. The molecular weight excluding hydrogens is 271 g/mol. The van der Waals surface area contributed by atoms with Gasteiger partial charge < -0.3 is 5.32 Å². The summed E-state index contributed by atoms with van der Waals surface area (Å²) in [4.78, 5) is 5.36. The van der Waals surface area contributed by atoms with Gasteiger partial charge >= 0.3 is 0 Å². The Morgan fingerprint density at radius 1 is 1.44 bits per heavy atom. The van der Waals surface area contributed by atoms with E-state index < -0.39 is 0 Å². The molecule has 5 heteroatoms. The normalized spacial score (nSPS) is 10.8. The summed E-state index contributed by atoms with van der Waals surface area (Å²) in [6, 6.07) is 4.66. The number of rotatable bonds is 5. The van der Waals surface area contributed by atoms with Gasteiger partial charge in [0.25, 0.3) is 0 Å². The molecular formula is C13H14ClFN2S. The number of halogens is 2. The fourth-order valence-electron chi connectivity index (χ4n) is 1.57. The van der Waals surface area contributed by atoms with Crippen LogP contribution in [-0.4, -0.2) is 11.5 Å². The van der Waals surface area contributed by atoms with Crippen LogP contribution in [0.4, 0.5) is 4.39 Å². The second kappa shape index (κ2) is 6.27. The predicted octanol–water partition coefficient (Wildman–Crippen LogP) is 4.10. The van der Waals surface area contributed by atoms with Crippen LogP contribution in [0.3, 0.4) is 0 Å². The maximum Gasteiger partial charge on any atom is 0.134 e. The number of benzene rings is 1. The summed E-state index contributed by atoms with van der Waals surface area (Å²) in [6.07, 6.45) is 2.88. The van der Waals surface area contributed by atoms with E-state index in [1.165, 1.54) is 17.4 Å². The second-order valence-electron chi connectivity index (χ2n) is 3.93. The SMILES string of the molecule is CCCNCc1cnc(-c2ccc(Cl)cc2F)s1. The highest BCUT2D eigenvalue weighted by atomic mass is 35.5. The van der Waals surface area contributed by atoms with Gasteiger partial charge in [0.15, 0.2) is 0 Å². The lowest BCUT2D eigenvalue weighted by molar-refractivity contribution is 0.631. The second-order valence-corrected chi connectivity index (χ2v) is 5.48. The smallest absolute Gasteiger partial charge is 0.134 e. The third kappa shape index (κ3) is 3.28. The lowest BCUT2D eigenvalue weighted by Crippen LogP contribution is -2.12. The topological polar surface area (TPSA) is 24.9 Å². The van der Waals surface area contributed by atoms with Crippen molar-refractivity contribution in [3.8, 4) is 10.6 Å². The van der Waals surface area contributed by atoms with Crippen LogP contribution in [0, 0.1) is 5.82 Å². The van der Waals surface area contributed by atoms with Crippen LogP contribution in [-0.2, 0) is 6.54 Å². The summed E-state index contributed by atoms with van der Waals surface area (Å²) in [6.45, 7) is 3.87. The third-order valence-electron chi connectivity index (χ3n) is 2.44. The first kappa shape index (κ1) is 13.5. The van der Waals surface area contributed by atoms with Crippen LogP contribution in [0.25, 0.3) is 10.6 Å². The largest absolute Gasteiger partial charge is 0.312 e. The standard InChI is InChI=1S/C13H14ClFN2S/c1-2-5-16-7-10-8-17-13(18-10)11-4-3-9(14)6-12(11)15/h3-4,6,8,16H,2,5,7H2,1H3. The number of hydrogen-bond donors (Lipinski definition) is 1. The molecule has 2 nitrogen and oxygen atoms in total. The number of nitrogens with zero attached hydrogens (tertiary/aromatic N) is 1. The minimum atomic E-state index is -0.329. The lowest BCUT2D eigenvalue weighted by atomic mass is 10.2. The lowest BCUT2D eigenvalue weighted by Gasteiger charge is -2.00. The molecule has 0 saturated carbocycles. The van der Waals surface area contributed by atoms with Crippen molar-refractivity contribution in [2.24, 2.45) is 0 Å². The van der Waals surface area contributed by atoms with E-state index in [0.29, 0.717) is 15.6 Å². The molecule has 0 aliphatic rings. The molecule has 0 atom stereocenters. The third-order valence-corrected chi connectivity index (χ3v) is 3.71. The van der Waals surface area contributed by atoms with E-state index in [1.807, 2.05) is 0 Å². The first-order chi connectivity index (χ1) is 8.70. The Labute approximate surface area is 115 Å². The van der Waals surface area contributed by atoms with Crippen molar-refractivity contribution in [1.82, 2.24) is 10.3 Å². The molecule has 18 heavy (non-hydrogen) atoms. The molecule has 2 rings (SSSR count). The van der Waals surface area contributed by atoms with Gasteiger partial charge in [-0.05, 0) is 31.2 Å². The zero-order chi connectivity index (χ0) is 13.0. The Bertz CT molecular complexity index is 527. The minimum Gasteiger partial charge on any atom is -0.312 e. The highest BCUT2D eigenvalue weighted by Crippen LogP contribution is 2.28. The first-order valence-corrected chi connectivity index (χ1v) is 7.01. The zero-order valence-electron chi connectivity index (χ0n) is 10.0. The maximum absolute atomic E-state index is 13.7. The van der Waals surface area contributed by atoms with E-state index in [-0.39, 0.29) is 5.82 Å². The van der Waals surface area contributed by atoms with Crippen LogP contribution in [0.1, 0.15) is 18.2 Å². The molecule has 0 bridgehead atoms. The molecule has 0 aliphatic heterocycles. The van der Waals surface area contributed by atoms with Gasteiger partial charge in [-0.1, -0.05) is 18.5 Å². The van der Waals surface area contributed by atoms with Gasteiger partial charge in [0.1, 0.15) is 10.8 Å². The molecule has 1 aromatic heterocycles. The molecule has 0 amide bonds. The Morgan fingerprint density at radius 2 is 2.28 bits per heavy atom. The first-order valence-electron chi connectivity index (χ1n) is 5.81. The highest BCUT2D eigenvalue weighted by molar-refractivity contribution is 7.15. The van der Waals surface area contributed by atoms with Crippen molar-refractivity contribution in [3.05, 3.63) is 40.1 Å². The number of aromatic nitrogens is 1. The van der Waals surface area contributed by atoms with Gasteiger partial charge in [-0.25, -0.2) is 9.37 Å². The fraction of sp³-hybridized carbons (Fsp3) is 0.308. The van der Waals surface area contributed by atoms with E-state index in [2.05, 4.69) is 17.2 Å². The van der Waals surface area contributed by atoms with Crippen LogP contribution in [0.5, 0.6) is 0 Å². The molecule has 0 aliphatic carbocycles. The van der Waals surface area contributed by atoms with E-state index in [4.69, 9.17) is 11.6 Å². The van der Waals surface area contributed by atoms with Gasteiger partial charge in [0, 0.05) is 28.2 Å². The quantitative estimate of drug-likeness (QED) is 0.836. The predicted molar refractivity (Wildman–Crippen MR) is 74.5 cm³/mol. The molecule has 0 radical (unpaired) electrons. The van der Waals surface area contributed by atoms with Gasteiger partial charge in [0.05, 0.1) is 0 Å². The van der Waals surface area contributed by atoms with Gasteiger partial charge in [-0.15, -0.1) is 11.3 Å². The van der Waals surface area contributed by atoms with E-state index >= 15 is 0 Å². The van der Waals surface area contributed by atoms with Crippen LogP contribution in [0.2, 0.25) is 5.02 Å².